The molecule has 0 aliphatic heterocycles. The Morgan fingerprint density at radius 3 is 2.57 bits per heavy atom. The van der Waals surface area contributed by atoms with Crippen molar-refractivity contribution in [2.45, 2.75) is 39.0 Å². The first-order valence-corrected chi connectivity index (χ1v) is 8.43. The Bertz CT molecular complexity index is 421. The largest absolute Gasteiger partial charge is 0.492 e. The number of ether oxygens (including phenoxy) is 2. The van der Waals surface area contributed by atoms with E-state index in [-0.39, 0.29) is 5.41 Å². The highest BCUT2D eigenvalue weighted by Gasteiger charge is 2.21. The van der Waals surface area contributed by atoms with Crippen LogP contribution in [0.25, 0.3) is 0 Å². The summed E-state index contributed by atoms with van der Waals surface area (Å²) in [6.45, 7) is 10.1. The zero-order valence-electron chi connectivity index (χ0n) is 13.7. The van der Waals surface area contributed by atoms with E-state index in [0.717, 1.165) is 49.4 Å². The Labute approximate surface area is 137 Å². The van der Waals surface area contributed by atoms with Gasteiger partial charge in [0.2, 0.25) is 0 Å². The van der Waals surface area contributed by atoms with Gasteiger partial charge in [-0.25, -0.2) is 0 Å². The molecule has 1 rings (SSSR count). The number of benzene rings is 1. The highest BCUT2D eigenvalue weighted by molar-refractivity contribution is 9.10. The van der Waals surface area contributed by atoms with E-state index in [9.17, 15) is 0 Å². The van der Waals surface area contributed by atoms with Crippen LogP contribution in [0.3, 0.4) is 0 Å². The van der Waals surface area contributed by atoms with Crippen molar-refractivity contribution in [1.82, 2.24) is 5.32 Å². The van der Waals surface area contributed by atoms with Crippen LogP contribution in [0.15, 0.2) is 22.7 Å². The molecule has 1 aromatic rings. The van der Waals surface area contributed by atoms with Gasteiger partial charge in [0.15, 0.2) is 0 Å². The molecule has 21 heavy (non-hydrogen) atoms. The van der Waals surface area contributed by atoms with E-state index in [1.54, 1.807) is 7.11 Å². The maximum atomic E-state index is 5.71. The third-order valence-corrected chi connectivity index (χ3v) is 4.20. The second-order valence-electron chi connectivity index (χ2n) is 5.87. The van der Waals surface area contributed by atoms with Crippen LogP contribution in [-0.4, -0.2) is 33.4 Å². The maximum absolute atomic E-state index is 5.71. The number of methoxy groups -OCH3 is 1. The molecule has 0 radical (unpaired) electrons. The molecule has 3 nitrogen and oxygen atoms in total. The summed E-state index contributed by atoms with van der Waals surface area (Å²) in [6.07, 6.45) is 2.10. The SMILES string of the molecule is CCCOc1ccc(C(C)(C)CCNCCOC)cc1Br. The van der Waals surface area contributed by atoms with Gasteiger partial charge in [0.1, 0.15) is 5.75 Å². The molecular weight excluding hydrogens is 330 g/mol. The molecule has 0 unspecified atom stereocenters. The molecule has 0 fully saturated rings. The normalized spacial score (nSPS) is 11.7. The van der Waals surface area contributed by atoms with Gasteiger partial charge in [0, 0.05) is 13.7 Å². The highest BCUT2D eigenvalue weighted by atomic mass is 79.9. The van der Waals surface area contributed by atoms with Crippen LogP contribution in [0.2, 0.25) is 0 Å². The van der Waals surface area contributed by atoms with Crippen LogP contribution < -0.4 is 10.1 Å². The quantitative estimate of drug-likeness (QED) is 0.638. The van der Waals surface area contributed by atoms with Gasteiger partial charge in [-0.15, -0.1) is 0 Å². The van der Waals surface area contributed by atoms with Gasteiger partial charge in [-0.05, 0) is 58.4 Å². The van der Waals surface area contributed by atoms with Crippen LogP contribution in [0.4, 0.5) is 0 Å². The van der Waals surface area contributed by atoms with Gasteiger partial charge in [0.25, 0.3) is 0 Å². The van der Waals surface area contributed by atoms with E-state index in [4.69, 9.17) is 9.47 Å². The molecule has 1 aromatic carbocycles. The molecule has 0 bridgehead atoms. The number of nitrogens with one attached hydrogen (secondary N) is 1. The van der Waals surface area contributed by atoms with E-state index in [1.807, 2.05) is 0 Å². The topological polar surface area (TPSA) is 30.5 Å². The highest BCUT2D eigenvalue weighted by Crippen LogP contribution is 2.33. The molecule has 0 saturated carbocycles. The molecule has 0 spiro atoms. The van der Waals surface area contributed by atoms with Crippen LogP contribution in [0, 0.1) is 0 Å². The van der Waals surface area contributed by atoms with Crippen molar-refractivity contribution < 1.29 is 9.47 Å². The summed E-state index contributed by atoms with van der Waals surface area (Å²) in [7, 11) is 1.73. The lowest BCUT2D eigenvalue weighted by atomic mass is 9.81. The van der Waals surface area contributed by atoms with E-state index in [2.05, 4.69) is 60.2 Å². The van der Waals surface area contributed by atoms with E-state index >= 15 is 0 Å². The second kappa shape index (κ2) is 9.44. The van der Waals surface area contributed by atoms with Crippen molar-refractivity contribution in [2.24, 2.45) is 0 Å². The maximum Gasteiger partial charge on any atom is 0.133 e. The van der Waals surface area contributed by atoms with Crippen molar-refractivity contribution in [3.63, 3.8) is 0 Å². The van der Waals surface area contributed by atoms with Crippen molar-refractivity contribution in [2.75, 3.05) is 33.4 Å². The molecule has 0 aromatic heterocycles. The van der Waals surface area contributed by atoms with Crippen LogP contribution >= 0.6 is 15.9 Å². The Morgan fingerprint density at radius 2 is 1.95 bits per heavy atom. The zero-order valence-corrected chi connectivity index (χ0v) is 15.3. The first kappa shape index (κ1) is 18.5. The lowest BCUT2D eigenvalue weighted by molar-refractivity contribution is 0.198. The van der Waals surface area contributed by atoms with E-state index in [1.165, 1.54) is 5.56 Å². The summed E-state index contributed by atoms with van der Waals surface area (Å²) >= 11 is 3.62. The van der Waals surface area contributed by atoms with Crippen molar-refractivity contribution in [1.29, 1.82) is 0 Å². The predicted molar refractivity (Wildman–Crippen MR) is 92.3 cm³/mol. The van der Waals surface area contributed by atoms with Crippen LogP contribution in [0.5, 0.6) is 5.75 Å². The van der Waals surface area contributed by atoms with Gasteiger partial charge in [-0.1, -0.05) is 26.8 Å². The number of hydrogen-bond acceptors (Lipinski definition) is 3. The van der Waals surface area contributed by atoms with Crippen molar-refractivity contribution >= 4 is 15.9 Å². The lowest BCUT2D eigenvalue weighted by Gasteiger charge is -2.26. The minimum Gasteiger partial charge on any atom is -0.492 e. The summed E-state index contributed by atoms with van der Waals surface area (Å²) < 4.78 is 11.8. The molecule has 0 atom stereocenters. The molecule has 0 aliphatic rings. The van der Waals surface area contributed by atoms with Gasteiger partial charge in [-0.3, -0.25) is 0 Å². The third kappa shape index (κ3) is 6.37. The first-order valence-electron chi connectivity index (χ1n) is 7.63. The summed E-state index contributed by atoms with van der Waals surface area (Å²) in [5.41, 5.74) is 1.46. The standard InChI is InChI=1S/C17H28BrNO2/c1-5-11-21-16-7-6-14(13-15(16)18)17(2,3)8-9-19-10-12-20-4/h6-7,13,19H,5,8-12H2,1-4H3. The molecule has 0 heterocycles. The Kier molecular flexibility index (Phi) is 8.30. The number of rotatable bonds is 10. The van der Waals surface area contributed by atoms with E-state index < -0.39 is 0 Å². The van der Waals surface area contributed by atoms with Crippen molar-refractivity contribution in [3.8, 4) is 5.75 Å². The number of halogens is 1. The lowest BCUT2D eigenvalue weighted by Crippen LogP contribution is -2.27. The number of hydrogen-bond donors (Lipinski definition) is 1. The Morgan fingerprint density at radius 1 is 1.19 bits per heavy atom. The van der Waals surface area contributed by atoms with Gasteiger partial charge in [-0.2, -0.15) is 0 Å². The molecule has 0 aliphatic carbocycles. The van der Waals surface area contributed by atoms with Crippen molar-refractivity contribution in [3.05, 3.63) is 28.2 Å². The average molecular weight is 358 g/mol. The Balaban J connectivity index is 2.59. The fourth-order valence-corrected chi connectivity index (χ4v) is 2.59. The summed E-state index contributed by atoms with van der Waals surface area (Å²) in [5.74, 6) is 0.926. The zero-order chi connectivity index (χ0) is 15.7. The molecule has 0 saturated heterocycles. The van der Waals surface area contributed by atoms with Gasteiger partial charge < -0.3 is 14.8 Å². The minimum atomic E-state index is 0.131. The van der Waals surface area contributed by atoms with Gasteiger partial charge in [0.05, 0.1) is 17.7 Å². The third-order valence-electron chi connectivity index (χ3n) is 3.58. The Hall–Kier alpha value is -0.580. The second-order valence-corrected chi connectivity index (χ2v) is 6.72. The fraction of sp³-hybridized carbons (Fsp3) is 0.647. The first-order chi connectivity index (χ1) is 10.0. The smallest absolute Gasteiger partial charge is 0.133 e. The average Bonchev–Trinajstić information content (AvgIpc) is 2.45. The monoisotopic (exact) mass is 357 g/mol. The van der Waals surface area contributed by atoms with Crippen LogP contribution in [0.1, 0.15) is 39.2 Å². The summed E-state index contributed by atoms with van der Waals surface area (Å²) in [6, 6.07) is 6.42. The summed E-state index contributed by atoms with van der Waals surface area (Å²) in [5, 5.41) is 3.40. The van der Waals surface area contributed by atoms with E-state index in [0.29, 0.717) is 0 Å². The molecular formula is C17H28BrNO2. The molecule has 120 valence electrons. The predicted octanol–water partition coefficient (Wildman–Crippen LogP) is 4.14. The molecule has 0 amide bonds. The summed E-state index contributed by atoms with van der Waals surface area (Å²) in [4.78, 5) is 0. The molecule has 1 N–H and O–H groups in total. The fourth-order valence-electron chi connectivity index (χ4n) is 2.10. The molecule has 4 heteroatoms. The minimum absolute atomic E-state index is 0.131. The van der Waals surface area contributed by atoms with Gasteiger partial charge >= 0.3 is 0 Å². The van der Waals surface area contributed by atoms with Crippen LogP contribution in [-0.2, 0) is 10.2 Å².